The van der Waals surface area contributed by atoms with Gasteiger partial charge in [-0.05, 0) is 24.3 Å². The Balaban J connectivity index is 4.26. The molecule has 2 heteroatoms. The first kappa shape index (κ1) is 16.9. The van der Waals surface area contributed by atoms with E-state index in [4.69, 9.17) is 0 Å². The summed E-state index contributed by atoms with van der Waals surface area (Å²) in [6.07, 6.45) is 1.22. The molecule has 0 amide bonds. The Kier molecular flexibility index (Phi) is 6.71. The predicted octanol–water partition coefficient (Wildman–Crippen LogP) is 3.38. The van der Waals surface area contributed by atoms with E-state index in [-0.39, 0.29) is 0 Å². The van der Waals surface area contributed by atoms with Crippen molar-refractivity contribution in [3.05, 3.63) is 0 Å². The molecule has 0 bridgehead atoms. The SMILES string of the molecule is CCC(C)(CNC(C)C)CN(C)CC(C)(C)C. The lowest BCUT2D eigenvalue weighted by Crippen LogP contribution is -2.44. The molecular weight excluding hydrogens is 208 g/mol. The van der Waals surface area contributed by atoms with Crippen LogP contribution in [0, 0.1) is 10.8 Å². The molecule has 0 radical (unpaired) electrons. The van der Waals surface area contributed by atoms with Gasteiger partial charge in [0.15, 0.2) is 0 Å². The molecule has 0 fully saturated rings. The molecule has 0 aliphatic carbocycles. The van der Waals surface area contributed by atoms with Gasteiger partial charge in [-0.2, -0.15) is 0 Å². The molecule has 0 rings (SSSR count). The average Bonchev–Trinajstić information content (AvgIpc) is 2.11. The van der Waals surface area contributed by atoms with Crippen LogP contribution in [0.15, 0.2) is 0 Å². The highest BCUT2D eigenvalue weighted by Gasteiger charge is 2.25. The summed E-state index contributed by atoms with van der Waals surface area (Å²) >= 11 is 0. The first-order valence-corrected chi connectivity index (χ1v) is 7.00. The largest absolute Gasteiger partial charge is 0.314 e. The van der Waals surface area contributed by atoms with E-state index in [2.05, 4.69) is 65.7 Å². The lowest BCUT2D eigenvalue weighted by Gasteiger charge is -2.36. The molecular formula is C15H34N2. The zero-order chi connectivity index (χ0) is 13.7. The molecule has 0 saturated heterocycles. The van der Waals surface area contributed by atoms with Crippen LogP contribution in [0.2, 0.25) is 0 Å². The molecule has 17 heavy (non-hydrogen) atoms. The van der Waals surface area contributed by atoms with E-state index in [0.717, 1.165) is 13.1 Å². The standard InChI is InChI=1S/C15H34N2/c1-9-15(7,10-16-13(2)3)12-17(8)11-14(4,5)6/h13,16H,9-12H2,1-8H3. The Labute approximate surface area is 109 Å². The van der Waals surface area contributed by atoms with E-state index < -0.39 is 0 Å². The van der Waals surface area contributed by atoms with Gasteiger partial charge in [0.25, 0.3) is 0 Å². The van der Waals surface area contributed by atoms with Crippen LogP contribution in [0.4, 0.5) is 0 Å². The van der Waals surface area contributed by atoms with Crippen molar-refractivity contribution in [3.63, 3.8) is 0 Å². The zero-order valence-electron chi connectivity index (χ0n) is 13.4. The van der Waals surface area contributed by atoms with E-state index in [1.54, 1.807) is 0 Å². The molecule has 104 valence electrons. The highest BCUT2D eigenvalue weighted by atomic mass is 15.1. The first-order chi connectivity index (χ1) is 7.58. The van der Waals surface area contributed by atoms with Crippen molar-refractivity contribution in [2.75, 3.05) is 26.7 Å². The lowest BCUT2D eigenvalue weighted by molar-refractivity contribution is 0.141. The number of nitrogens with one attached hydrogen (secondary N) is 1. The fourth-order valence-electron chi connectivity index (χ4n) is 2.26. The van der Waals surface area contributed by atoms with Crippen molar-refractivity contribution in [3.8, 4) is 0 Å². The molecule has 0 aromatic carbocycles. The van der Waals surface area contributed by atoms with Crippen molar-refractivity contribution in [1.29, 1.82) is 0 Å². The fraction of sp³-hybridized carbons (Fsp3) is 1.00. The molecule has 1 atom stereocenters. The summed E-state index contributed by atoms with van der Waals surface area (Å²) in [5.41, 5.74) is 0.763. The van der Waals surface area contributed by atoms with Gasteiger partial charge in [0, 0.05) is 25.7 Å². The molecule has 0 aromatic rings. The molecule has 1 N–H and O–H groups in total. The molecule has 0 aliphatic heterocycles. The third-order valence-electron chi connectivity index (χ3n) is 3.19. The lowest BCUT2D eigenvalue weighted by atomic mass is 9.85. The number of rotatable bonds is 7. The van der Waals surface area contributed by atoms with E-state index in [1.807, 2.05) is 0 Å². The van der Waals surface area contributed by atoms with Crippen LogP contribution in [0.25, 0.3) is 0 Å². The Morgan fingerprint density at radius 1 is 1.06 bits per heavy atom. The number of hydrogen-bond acceptors (Lipinski definition) is 2. The van der Waals surface area contributed by atoms with Crippen LogP contribution in [0.5, 0.6) is 0 Å². The van der Waals surface area contributed by atoms with Gasteiger partial charge in [0.05, 0.1) is 0 Å². The van der Waals surface area contributed by atoms with Gasteiger partial charge in [-0.15, -0.1) is 0 Å². The second-order valence-electron chi connectivity index (χ2n) is 7.43. The van der Waals surface area contributed by atoms with E-state index >= 15 is 0 Å². The zero-order valence-corrected chi connectivity index (χ0v) is 13.4. The highest BCUT2D eigenvalue weighted by molar-refractivity contribution is 4.81. The van der Waals surface area contributed by atoms with Gasteiger partial charge in [-0.25, -0.2) is 0 Å². The van der Waals surface area contributed by atoms with Gasteiger partial charge in [0.2, 0.25) is 0 Å². The number of hydrogen-bond donors (Lipinski definition) is 1. The summed E-state index contributed by atoms with van der Waals surface area (Å²) in [6, 6.07) is 0.578. The second kappa shape index (κ2) is 6.75. The molecule has 2 nitrogen and oxygen atoms in total. The summed E-state index contributed by atoms with van der Waals surface area (Å²) in [7, 11) is 2.24. The van der Waals surface area contributed by atoms with Crippen LogP contribution < -0.4 is 5.32 Å². The minimum atomic E-state index is 0.379. The summed E-state index contributed by atoms with van der Waals surface area (Å²) in [6.45, 7) is 19.5. The average molecular weight is 242 g/mol. The van der Waals surface area contributed by atoms with Crippen molar-refractivity contribution in [2.45, 2.75) is 60.9 Å². The summed E-state index contributed by atoms with van der Waals surface area (Å²) in [5.74, 6) is 0. The first-order valence-electron chi connectivity index (χ1n) is 7.00. The normalized spacial score (nSPS) is 16.6. The van der Waals surface area contributed by atoms with Crippen LogP contribution in [0.1, 0.15) is 54.9 Å². The molecule has 1 unspecified atom stereocenters. The Morgan fingerprint density at radius 2 is 1.59 bits per heavy atom. The van der Waals surface area contributed by atoms with E-state index in [9.17, 15) is 0 Å². The second-order valence-corrected chi connectivity index (χ2v) is 7.43. The molecule has 0 aliphatic rings. The molecule has 0 saturated carbocycles. The van der Waals surface area contributed by atoms with E-state index in [0.29, 0.717) is 16.9 Å². The van der Waals surface area contributed by atoms with Gasteiger partial charge >= 0.3 is 0 Å². The maximum absolute atomic E-state index is 3.58. The minimum Gasteiger partial charge on any atom is -0.314 e. The van der Waals surface area contributed by atoms with Gasteiger partial charge in [-0.3, -0.25) is 0 Å². The quantitative estimate of drug-likeness (QED) is 0.736. The maximum atomic E-state index is 3.58. The topological polar surface area (TPSA) is 15.3 Å². The van der Waals surface area contributed by atoms with Crippen molar-refractivity contribution in [1.82, 2.24) is 10.2 Å². The Hall–Kier alpha value is -0.0800. The predicted molar refractivity (Wildman–Crippen MR) is 78.5 cm³/mol. The highest BCUT2D eigenvalue weighted by Crippen LogP contribution is 2.23. The van der Waals surface area contributed by atoms with Crippen LogP contribution in [-0.2, 0) is 0 Å². The van der Waals surface area contributed by atoms with Crippen LogP contribution >= 0.6 is 0 Å². The van der Waals surface area contributed by atoms with E-state index in [1.165, 1.54) is 13.0 Å². The van der Waals surface area contributed by atoms with Crippen molar-refractivity contribution >= 4 is 0 Å². The third-order valence-corrected chi connectivity index (χ3v) is 3.19. The van der Waals surface area contributed by atoms with Crippen molar-refractivity contribution in [2.24, 2.45) is 10.8 Å². The minimum absolute atomic E-state index is 0.379. The van der Waals surface area contributed by atoms with Crippen LogP contribution in [0.3, 0.4) is 0 Å². The van der Waals surface area contributed by atoms with Gasteiger partial charge in [0.1, 0.15) is 0 Å². The number of nitrogens with zero attached hydrogens (tertiary/aromatic N) is 1. The van der Waals surface area contributed by atoms with Crippen LogP contribution in [-0.4, -0.2) is 37.6 Å². The fourth-order valence-corrected chi connectivity index (χ4v) is 2.26. The summed E-state index contributed by atoms with van der Waals surface area (Å²) in [4.78, 5) is 2.48. The molecule has 0 spiro atoms. The summed E-state index contributed by atoms with van der Waals surface area (Å²) in [5, 5.41) is 3.58. The maximum Gasteiger partial charge on any atom is 0.00446 e. The monoisotopic (exact) mass is 242 g/mol. The van der Waals surface area contributed by atoms with Gasteiger partial charge < -0.3 is 10.2 Å². The molecule has 0 aromatic heterocycles. The Morgan fingerprint density at radius 3 is 1.94 bits per heavy atom. The third kappa shape index (κ3) is 8.62. The Bertz CT molecular complexity index is 205. The van der Waals surface area contributed by atoms with Gasteiger partial charge in [-0.1, -0.05) is 48.5 Å². The van der Waals surface area contributed by atoms with Crippen molar-refractivity contribution < 1.29 is 0 Å². The smallest absolute Gasteiger partial charge is 0.00446 e. The molecule has 0 heterocycles. The summed E-state index contributed by atoms with van der Waals surface area (Å²) < 4.78 is 0.